The predicted octanol–water partition coefficient (Wildman–Crippen LogP) is 6.35. The molecule has 3 amide bonds. The SMILES string of the molecule is Cc1ccc(NC(=O)COc2ccc(/C=C3\SC(=O)N(Cc4c(F)cccc4Cl)C3=O)cc2)cc1C. The summed E-state index contributed by atoms with van der Waals surface area (Å²) in [4.78, 5) is 38.5. The lowest BCUT2D eigenvalue weighted by atomic mass is 10.1. The second-order valence-electron chi connectivity index (χ2n) is 8.17. The third-order valence-corrected chi connectivity index (χ3v) is 6.85. The monoisotopic (exact) mass is 524 g/mol. The number of amides is 3. The summed E-state index contributed by atoms with van der Waals surface area (Å²) < 4.78 is 19.6. The molecule has 1 aliphatic heterocycles. The lowest BCUT2D eigenvalue weighted by molar-refractivity contribution is -0.123. The van der Waals surface area contributed by atoms with Crippen LogP contribution < -0.4 is 10.1 Å². The number of benzene rings is 3. The van der Waals surface area contributed by atoms with Gasteiger partial charge in [0.05, 0.1) is 11.4 Å². The number of hydrogen-bond acceptors (Lipinski definition) is 5. The van der Waals surface area contributed by atoms with E-state index in [1.165, 1.54) is 18.2 Å². The van der Waals surface area contributed by atoms with E-state index in [-0.39, 0.29) is 34.6 Å². The minimum absolute atomic E-state index is 0.0887. The lowest BCUT2D eigenvalue weighted by Gasteiger charge is -2.14. The topological polar surface area (TPSA) is 75.7 Å². The van der Waals surface area contributed by atoms with E-state index in [1.807, 2.05) is 32.0 Å². The molecule has 1 aliphatic rings. The second-order valence-corrected chi connectivity index (χ2v) is 9.57. The minimum atomic E-state index is -0.580. The van der Waals surface area contributed by atoms with Crippen molar-refractivity contribution in [1.29, 1.82) is 0 Å². The molecule has 0 unspecified atom stereocenters. The normalized spacial score (nSPS) is 14.4. The highest BCUT2D eigenvalue weighted by molar-refractivity contribution is 8.18. The van der Waals surface area contributed by atoms with Crippen molar-refractivity contribution in [2.45, 2.75) is 20.4 Å². The zero-order chi connectivity index (χ0) is 25.8. The fraction of sp³-hybridized carbons (Fsp3) is 0.148. The van der Waals surface area contributed by atoms with Crippen LogP contribution in [0.25, 0.3) is 6.08 Å². The van der Waals surface area contributed by atoms with Crippen LogP contribution in [0.3, 0.4) is 0 Å². The maximum Gasteiger partial charge on any atom is 0.293 e. The van der Waals surface area contributed by atoms with Crippen molar-refractivity contribution in [3.8, 4) is 5.75 Å². The molecule has 9 heteroatoms. The first-order valence-electron chi connectivity index (χ1n) is 11.0. The summed E-state index contributed by atoms with van der Waals surface area (Å²) in [5, 5.41) is 2.44. The minimum Gasteiger partial charge on any atom is -0.484 e. The van der Waals surface area contributed by atoms with Crippen molar-refractivity contribution in [1.82, 2.24) is 4.90 Å². The van der Waals surface area contributed by atoms with Gasteiger partial charge < -0.3 is 10.1 Å². The average Bonchev–Trinajstić information content (AvgIpc) is 3.10. The summed E-state index contributed by atoms with van der Waals surface area (Å²) in [5.41, 5.74) is 3.68. The molecule has 4 rings (SSSR count). The maximum absolute atomic E-state index is 14.1. The molecular formula is C27H22ClFN2O4S. The number of anilines is 1. The van der Waals surface area contributed by atoms with Gasteiger partial charge in [0.2, 0.25) is 0 Å². The van der Waals surface area contributed by atoms with Gasteiger partial charge in [0.1, 0.15) is 11.6 Å². The van der Waals surface area contributed by atoms with Gasteiger partial charge in [0.25, 0.3) is 17.1 Å². The van der Waals surface area contributed by atoms with E-state index in [9.17, 15) is 18.8 Å². The van der Waals surface area contributed by atoms with E-state index < -0.39 is 17.0 Å². The van der Waals surface area contributed by atoms with Crippen LogP contribution in [0.5, 0.6) is 5.75 Å². The largest absolute Gasteiger partial charge is 0.484 e. The van der Waals surface area contributed by atoms with Gasteiger partial charge in [-0.3, -0.25) is 19.3 Å². The Labute approximate surface area is 217 Å². The molecule has 3 aromatic carbocycles. The molecule has 0 radical (unpaired) electrons. The zero-order valence-electron chi connectivity index (χ0n) is 19.5. The van der Waals surface area contributed by atoms with E-state index >= 15 is 0 Å². The second kappa shape index (κ2) is 11.0. The molecule has 1 fully saturated rings. The quantitative estimate of drug-likeness (QED) is 0.364. The number of halogens is 2. The smallest absolute Gasteiger partial charge is 0.293 e. The Hall–Kier alpha value is -3.62. The first-order valence-corrected chi connectivity index (χ1v) is 12.2. The molecule has 0 saturated carbocycles. The molecule has 36 heavy (non-hydrogen) atoms. The lowest BCUT2D eigenvalue weighted by Crippen LogP contribution is -2.28. The van der Waals surface area contributed by atoms with Gasteiger partial charge in [0.15, 0.2) is 6.61 Å². The van der Waals surface area contributed by atoms with Gasteiger partial charge in [-0.15, -0.1) is 0 Å². The van der Waals surface area contributed by atoms with E-state index in [0.29, 0.717) is 17.0 Å². The Balaban J connectivity index is 1.36. The van der Waals surface area contributed by atoms with E-state index in [4.69, 9.17) is 16.3 Å². The summed E-state index contributed by atoms with van der Waals surface area (Å²) in [5.74, 6) is -0.910. The van der Waals surface area contributed by atoms with Crippen molar-refractivity contribution in [3.63, 3.8) is 0 Å². The number of rotatable bonds is 7. The molecule has 184 valence electrons. The highest BCUT2D eigenvalue weighted by Crippen LogP contribution is 2.34. The molecule has 0 aromatic heterocycles. The van der Waals surface area contributed by atoms with E-state index in [2.05, 4.69) is 5.32 Å². The van der Waals surface area contributed by atoms with Gasteiger partial charge in [-0.25, -0.2) is 4.39 Å². The summed E-state index contributed by atoms with van der Waals surface area (Å²) in [6, 6.07) is 16.6. The van der Waals surface area contributed by atoms with Crippen molar-refractivity contribution in [2.24, 2.45) is 0 Å². The predicted molar refractivity (Wildman–Crippen MR) is 139 cm³/mol. The van der Waals surface area contributed by atoms with Crippen LogP contribution in [0.2, 0.25) is 5.02 Å². The third-order valence-electron chi connectivity index (χ3n) is 5.59. The van der Waals surface area contributed by atoms with Crippen LogP contribution in [-0.2, 0) is 16.1 Å². The molecular weight excluding hydrogens is 503 g/mol. The summed E-state index contributed by atoms with van der Waals surface area (Å²) >= 11 is 6.81. The molecule has 0 bridgehead atoms. The van der Waals surface area contributed by atoms with Gasteiger partial charge in [-0.1, -0.05) is 35.9 Å². The Morgan fingerprint density at radius 2 is 1.83 bits per heavy atom. The van der Waals surface area contributed by atoms with Crippen LogP contribution in [-0.4, -0.2) is 28.6 Å². The first kappa shape index (κ1) is 25.5. The van der Waals surface area contributed by atoms with E-state index in [1.54, 1.807) is 30.3 Å². The summed E-state index contributed by atoms with van der Waals surface area (Å²) in [7, 11) is 0. The zero-order valence-corrected chi connectivity index (χ0v) is 21.1. The number of imide groups is 1. The number of hydrogen-bond donors (Lipinski definition) is 1. The molecule has 1 N–H and O–H groups in total. The molecule has 1 heterocycles. The average molecular weight is 525 g/mol. The van der Waals surface area contributed by atoms with Crippen LogP contribution in [0.4, 0.5) is 14.9 Å². The van der Waals surface area contributed by atoms with Crippen LogP contribution in [0.15, 0.2) is 65.6 Å². The van der Waals surface area contributed by atoms with Crippen LogP contribution in [0, 0.1) is 19.7 Å². The molecule has 6 nitrogen and oxygen atoms in total. The summed E-state index contributed by atoms with van der Waals surface area (Å²) in [6.45, 7) is 3.57. The first-order chi connectivity index (χ1) is 17.2. The van der Waals surface area contributed by atoms with Gasteiger partial charge in [0, 0.05) is 16.3 Å². The summed E-state index contributed by atoms with van der Waals surface area (Å²) in [6.07, 6.45) is 1.57. The number of ether oxygens (including phenoxy) is 1. The Morgan fingerprint density at radius 3 is 2.53 bits per heavy atom. The Kier molecular flexibility index (Phi) is 7.76. The number of carbonyl (C=O) groups is 3. The Bertz CT molecular complexity index is 1350. The van der Waals surface area contributed by atoms with Crippen molar-refractivity contribution in [2.75, 3.05) is 11.9 Å². The van der Waals surface area contributed by atoms with Crippen LogP contribution >= 0.6 is 23.4 Å². The number of nitrogens with one attached hydrogen (secondary N) is 1. The van der Waals surface area contributed by atoms with E-state index in [0.717, 1.165) is 27.8 Å². The number of aryl methyl sites for hydroxylation is 2. The van der Waals surface area contributed by atoms with Gasteiger partial charge >= 0.3 is 0 Å². The number of nitrogens with zero attached hydrogens (tertiary/aromatic N) is 1. The molecule has 0 atom stereocenters. The standard InChI is InChI=1S/C27H22ClFN2O4S/c1-16-6-9-19(12-17(16)2)30-25(32)15-35-20-10-7-18(8-11-20)13-24-26(33)31(27(34)36-24)14-21-22(28)4-3-5-23(21)29/h3-13H,14-15H2,1-2H3,(H,30,32)/b24-13-. The third kappa shape index (κ3) is 5.95. The van der Waals surface area contributed by atoms with Crippen LogP contribution in [0.1, 0.15) is 22.3 Å². The van der Waals surface area contributed by atoms with Crippen molar-refractivity contribution < 1.29 is 23.5 Å². The van der Waals surface area contributed by atoms with Crippen molar-refractivity contribution >= 4 is 52.2 Å². The molecule has 3 aromatic rings. The highest BCUT2D eigenvalue weighted by Gasteiger charge is 2.35. The number of thioether (sulfide) groups is 1. The van der Waals surface area contributed by atoms with Gasteiger partial charge in [-0.05, 0) is 84.8 Å². The molecule has 1 saturated heterocycles. The molecule has 0 aliphatic carbocycles. The van der Waals surface area contributed by atoms with Crippen molar-refractivity contribution in [3.05, 3.63) is 98.7 Å². The fourth-order valence-electron chi connectivity index (χ4n) is 3.45. The number of carbonyl (C=O) groups excluding carboxylic acids is 3. The molecule has 0 spiro atoms. The highest BCUT2D eigenvalue weighted by atomic mass is 35.5. The van der Waals surface area contributed by atoms with Gasteiger partial charge in [-0.2, -0.15) is 0 Å². The Morgan fingerprint density at radius 1 is 1.08 bits per heavy atom. The fourth-order valence-corrected chi connectivity index (χ4v) is 4.52. The maximum atomic E-state index is 14.1.